The van der Waals surface area contributed by atoms with Crippen molar-refractivity contribution in [3.05, 3.63) is 51.9 Å². The summed E-state index contributed by atoms with van der Waals surface area (Å²) < 4.78 is 12.1. The second-order valence-corrected chi connectivity index (χ2v) is 6.61. The third-order valence-corrected chi connectivity index (χ3v) is 4.64. The summed E-state index contributed by atoms with van der Waals surface area (Å²) in [5.74, 6) is 1.07. The molecule has 0 bridgehead atoms. The maximum atomic E-state index is 12.2. The highest BCUT2D eigenvalue weighted by Crippen LogP contribution is 2.18. The number of ether oxygens (including phenoxy) is 2. The average molecular weight is 371 g/mol. The van der Waals surface area contributed by atoms with Crippen molar-refractivity contribution >= 4 is 5.91 Å². The molecule has 27 heavy (non-hydrogen) atoms. The average Bonchev–Trinajstić information content (AvgIpc) is 2.68. The van der Waals surface area contributed by atoms with E-state index in [4.69, 9.17) is 9.47 Å². The highest BCUT2D eigenvalue weighted by atomic mass is 16.5. The van der Waals surface area contributed by atoms with Gasteiger partial charge in [0.25, 0.3) is 11.5 Å². The Kier molecular flexibility index (Phi) is 6.11. The van der Waals surface area contributed by atoms with E-state index in [-0.39, 0.29) is 11.5 Å². The summed E-state index contributed by atoms with van der Waals surface area (Å²) >= 11 is 0. The van der Waals surface area contributed by atoms with Gasteiger partial charge in [-0.25, -0.2) is 4.68 Å². The van der Waals surface area contributed by atoms with Gasteiger partial charge < -0.3 is 14.8 Å². The molecule has 0 radical (unpaired) electrons. The van der Waals surface area contributed by atoms with Gasteiger partial charge in [0.15, 0.2) is 6.10 Å². The predicted molar refractivity (Wildman–Crippen MR) is 101 cm³/mol. The molecule has 0 saturated heterocycles. The fourth-order valence-electron chi connectivity index (χ4n) is 3.10. The zero-order chi connectivity index (χ0) is 19.2. The molecule has 0 saturated carbocycles. The molecule has 0 aliphatic heterocycles. The van der Waals surface area contributed by atoms with Crippen LogP contribution in [-0.4, -0.2) is 35.4 Å². The van der Waals surface area contributed by atoms with Crippen molar-refractivity contribution in [2.45, 2.75) is 45.3 Å². The molecule has 1 aliphatic rings. The van der Waals surface area contributed by atoms with Gasteiger partial charge in [-0.1, -0.05) is 0 Å². The van der Waals surface area contributed by atoms with E-state index in [1.54, 1.807) is 44.4 Å². The number of carbonyl (C=O) groups excluding carboxylic acids is 1. The van der Waals surface area contributed by atoms with Crippen LogP contribution in [0.25, 0.3) is 0 Å². The van der Waals surface area contributed by atoms with E-state index >= 15 is 0 Å². The van der Waals surface area contributed by atoms with Crippen LogP contribution in [0.5, 0.6) is 11.5 Å². The molecule has 1 aromatic carbocycles. The summed E-state index contributed by atoms with van der Waals surface area (Å²) in [6, 6.07) is 8.72. The fraction of sp³-hybridized carbons (Fsp3) is 0.450. The lowest BCUT2D eigenvalue weighted by Gasteiger charge is -2.17. The molecule has 144 valence electrons. The summed E-state index contributed by atoms with van der Waals surface area (Å²) in [5.41, 5.74) is 1.95. The molecule has 1 unspecified atom stereocenters. The molecule has 3 rings (SSSR count). The molecule has 0 spiro atoms. The summed E-state index contributed by atoms with van der Waals surface area (Å²) in [6.07, 6.45) is 3.41. The quantitative estimate of drug-likeness (QED) is 0.801. The summed E-state index contributed by atoms with van der Waals surface area (Å²) in [5, 5.41) is 7.24. The van der Waals surface area contributed by atoms with Gasteiger partial charge in [0.05, 0.1) is 19.3 Å². The molecule has 1 N–H and O–H groups in total. The molecular weight excluding hydrogens is 346 g/mol. The number of nitrogens with one attached hydrogen (secondary N) is 1. The van der Waals surface area contributed by atoms with Crippen LogP contribution in [0.4, 0.5) is 0 Å². The van der Waals surface area contributed by atoms with Crippen molar-refractivity contribution in [3.63, 3.8) is 0 Å². The first kappa shape index (κ1) is 18.9. The summed E-state index contributed by atoms with van der Waals surface area (Å²) in [7, 11) is 1.59. The van der Waals surface area contributed by atoms with Gasteiger partial charge in [0, 0.05) is 12.6 Å². The molecule has 1 heterocycles. The number of rotatable bonds is 7. The normalized spacial score (nSPS) is 14.1. The van der Waals surface area contributed by atoms with Crippen molar-refractivity contribution in [3.8, 4) is 11.5 Å². The Hall–Kier alpha value is -2.83. The smallest absolute Gasteiger partial charge is 0.267 e. The fourth-order valence-corrected chi connectivity index (χ4v) is 3.10. The van der Waals surface area contributed by atoms with Gasteiger partial charge in [0.2, 0.25) is 0 Å². The van der Waals surface area contributed by atoms with Gasteiger partial charge in [-0.2, -0.15) is 5.10 Å². The Morgan fingerprint density at radius 2 is 1.93 bits per heavy atom. The van der Waals surface area contributed by atoms with Crippen LogP contribution >= 0.6 is 0 Å². The predicted octanol–water partition coefficient (Wildman–Crippen LogP) is 1.71. The second-order valence-electron chi connectivity index (χ2n) is 6.61. The van der Waals surface area contributed by atoms with Gasteiger partial charge in [-0.3, -0.25) is 9.59 Å². The largest absolute Gasteiger partial charge is 0.497 e. The number of hydrogen-bond acceptors (Lipinski definition) is 5. The third kappa shape index (κ3) is 4.87. The van der Waals surface area contributed by atoms with Crippen LogP contribution in [0.3, 0.4) is 0 Å². The van der Waals surface area contributed by atoms with E-state index in [1.807, 2.05) is 0 Å². The van der Waals surface area contributed by atoms with Crippen LogP contribution in [-0.2, 0) is 24.2 Å². The van der Waals surface area contributed by atoms with Crippen molar-refractivity contribution in [2.75, 3.05) is 13.7 Å². The van der Waals surface area contributed by atoms with E-state index < -0.39 is 6.10 Å². The number of fused-ring (bicyclic) bond motifs is 1. The van der Waals surface area contributed by atoms with Crippen LogP contribution in [0, 0.1) is 0 Å². The standard InChI is InChI=1S/C20H25N3O4/c1-14(27-17-9-7-16(26-2)8-10-17)20(25)21-11-12-23-19(24)13-15-5-3-4-6-18(15)22-23/h7-10,13-14H,3-6,11-12H2,1-2H3,(H,21,25). The Bertz CT molecular complexity index is 845. The minimum absolute atomic E-state index is 0.118. The first-order valence-corrected chi connectivity index (χ1v) is 9.25. The minimum atomic E-state index is -0.647. The van der Waals surface area contributed by atoms with Crippen LogP contribution < -0.4 is 20.3 Å². The maximum absolute atomic E-state index is 12.2. The minimum Gasteiger partial charge on any atom is -0.497 e. The van der Waals surface area contributed by atoms with Gasteiger partial charge >= 0.3 is 0 Å². The zero-order valence-electron chi connectivity index (χ0n) is 15.7. The Balaban J connectivity index is 1.50. The topological polar surface area (TPSA) is 82.4 Å². The third-order valence-electron chi connectivity index (χ3n) is 4.64. The van der Waals surface area contributed by atoms with Crippen LogP contribution in [0.15, 0.2) is 35.1 Å². The molecule has 7 heteroatoms. The van der Waals surface area contributed by atoms with E-state index in [0.29, 0.717) is 18.8 Å². The molecule has 1 aromatic heterocycles. The lowest BCUT2D eigenvalue weighted by molar-refractivity contribution is -0.127. The second kappa shape index (κ2) is 8.70. The zero-order valence-corrected chi connectivity index (χ0v) is 15.7. The Labute approximate surface area is 158 Å². The van der Waals surface area contributed by atoms with E-state index in [9.17, 15) is 9.59 Å². The van der Waals surface area contributed by atoms with E-state index in [1.165, 1.54) is 4.68 Å². The van der Waals surface area contributed by atoms with Crippen LogP contribution in [0.1, 0.15) is 31.0 Å². The Morgan fingerprint density at radius 1 is 1.22 bits per heavy atom. The van der Waals surface area contributed by atoms with Crippen molar-refractivity contribution in [1.82, 2.24) is 15.1 Å². The van der Waals surface area contributed by atoms with Gasteiger partial charge in [-0.15, -0.1) is 0 Å². The highest BCUT2D eigenvalue weighted by Gasteiger charge is 2.16. The van der Waals surface area contributed by atoms with Gasteiger partial charge in [0.1, 0.15) is 11.5 Å². The number of benzene rings is 1. The first-order chi connectivity index (χ1) is 13.1. The molecular formula is C20H25N3O4. The molecule has 2 aromatic rings. The van der Waals surface area contributed by atoms with Crippen molar-refractivity contribution in [1.29, 1.82) is 0 Å². The van der Waals surface area contributed by atoms with Crippen molar-refractivity contribution in [2.24, 2.45) is 0 Å². The SMILES string of the molecule is COc1ccc(OC(C)C(=O)NCCn2nc3c(cc2=O)CCCC3)cc1. The number of amides is 1. The molecule has 7 nitrogen and oxygen atoms in total. The number of methoxy groups -OCH3 is 1. The molecule has 1 amide bonds. The van der Waals surface area contributed by atoms with Crippen molar-refractivity contribution < 1.29 is 14.3 Å². The molecule has 1 aliphatic carbocycles. The maximum Gasteiger partial charge on any atom is 0.267 e. The Morgan fingerprint density at radius 3 is 2.67 bits per heavy atom. The van der Waals surface area contributed by atoms with E-state index in [0.717, 1.165) is 42.7 Å². The number of hydrogen-bond donors (Lipinski definition) is 1. The number of nitrogens with zero attached hydrogens (tertiary/aromatic N) is 2. The highest BCUT2D eigenvalue weighted by molar-refractivity contribution is 5.80. The number of aromatic nitrogens is 2. The lowest BCUT2D eigenvalue weighted by atomic mass is 9.97. The summed E-state index contributed by atoms with van der Waals surface area (Å²) in [4.78, 5) is 24.4. The number of carbonyl (C=O) groups is 1. The molecule has 1 atom stereocenters. The summed E-state index contributed by atoms with van der Waals surface area (Å²) in [6.45, 7) is 2.34. The van der Waals surface area contributed by atoms with Crippen LogP contribution in [0.2, 0.25) is 0 Å². The van der Waals surface area contributed by atoms with E-state index in [2.05, 4.69) is 10.4 Å². The first-order valence-electron chi connectivity index (χ1n) is 9.25. The number of aryl methyl sites for hydroxylation is 2. The molecule has 0 fully saturated rings. The lowest BCUT2D eigenvalue weighted by Crippen LogP contribution is -2.39. The van der Waals surface area contributed by atoms with Gasteiger partial charge in [-0.05, 0) is 62.4 Å². The monoisotopic (exact) mass is 371 g/mol.